The molecule has 0 aromatic carbocycles. The Hall–Kier alpha value is -0.170. The Labute approximate surface area is 74.3 Å². The summed E-state index contributed by atoms with van der Waals surface area (Å²) in [5.74, 6) is 0. The molecule has 0 aliphatic heterocycles. The maximum absolute atomic E-state index is 11.1. The molecule has 12 heavy (non-hydrogen) atoms. The van der Waals surface area contributed by atoms with Gasteiger partial charge < -0.3 is 5.48 Å². The van der Waals surface area contributed by atoms with Crippen LogP contribution in [-0.2, 0) is 10.2 Å². The Bertz CT molecular complexity index is 201. The first-order valence-corrected chi connectivity index (χ1v) is 5.32. The maximum Gasteiger partial charge on any atom is 0.367 e. The van der Waals surface area contributed by atoms with Crippen molar-refractivity contribution in [2.24, 2.45) is 5.14 Å². The zero-order chi connectivity index (χ0) is 9.12. The van der Waals surface area contributed by atoms with Crippen molar-refractivity contribution in [3.63, 3.8) is 0 Å². The summed E-state index contributed by atoms with van der Waals surface area (Å²) in [5.41, 5.74) is 0. The number of quaternary nitrogens is 1. The molecule has 6 heteroatoms. The van der Waals surface area contributed by atoms with Crippen molar-refractivity contribution in [3.05, 3.63) is 0 Å². The molecule has 0 radical (unpaired) electrons. The van der Waals surface area contributed by atoms with Crippen molar-refractivity contribution in [1.82, 2.24) is 0 Å². The molecule has 0 saturated heterocycles. The molecule has 0 aliphatic rings. The molecule has 0 aliphatic carbocycles. The standard InChI is InChI=1S/C6H17N2O2S.H2O/c1-4-8(5-2,6-3)11(7,9)10;/h4-6H2,1-3H3,(H2,7,9,10);1H2/q+1;/p-1. The molecule has 0 spiro atoms. The fourth-order valence-corrected chi connectivity index (χ4v) is 2.29. The van der Waals surface area contributed by atoms with Crippen LogP contribution >= 0.6 is 0 Å². The van der Waals surface area contributed by atoms with Crippen LogP contribution in [0.1, 0.15) is 20.8 Å². The van der Waals surface area contributed by atoms with Gasteiger partial charge in [0.05, 0.1) is 19.6 Å². The van der Waals surface area contributed by atoms with Gasteiger partial charge in [-0.2, -0.15) is 13.6 Å². The molecule has 0 fully saturated rings. The van der Waals surface area contributed by atoms with Crippen molar-refractivity contribution in [2.75, 3.05) is 19.6 Å². The van der Waals surface area contributed by atoms with Crippen LogP contribution < -0.4 is 5.14 Å². The molecule has 0 bridgehead atoms. The largest absolute Gasteiger partial charge is 0.870 e. The van der Waals surface area contributed by atoms with E-state index >= 15 is 0 Å². The Morgan fingerprint density at radius 1 is 1.08 bits per heavy atom. The summed E-state index contributed by atoms with van der Waals surface area (Å²) in [5, 5.41) is 5.09. The second-order valence-electron chi connectivity index (χ2n) is 2.52. The van der Waals surface area contributed by atoms with Crippen LogP contribution in [0, 0.1) is 0 Å². The van der Waals surface area contributed by atoms with Gasteiger partial charge >= 0.3 is 10.2 Å². The van der Waals surface area contributed by atoms with E-state index in [1.54, 1.807) is 0 Å². The van der Waals surface area contributed by atoms with E-state index < -0.39 is 10.2 Å². The summed E-state index contributed by atoms with van der Waals surface area (Å²) in [4.78, 5) is 0. The third-order valence-electron chi connectivity index (χ3n) is 2.27. The van der Waals surface area contributed by atoms with Gasteiger partial charge in [0.15, 0.2) is 0 Å². The van der Waals surface area contributed by atoms with Gasteiger partial charge in [-0.05, 0) is 20.8 Å². The highest BCUT2D eigenvalue weighted by atomic mass is 32.2. The highest BCUT2D eigenvalue weighted by molar-refractivity contribution is 7.83. The van der Waals surface area contributed by atoms with Crippen molar-refractivity contribution in [1.29, 1.82) is 0 Å². The van der Waals surface area contributed by atoms with Crippen molar-refractivity contribution >= 4 is 10.2 Å². The van der Waals surface area contributed by atoms with Gasteiger partial charge in [-0.25, -0.2) is 3.89 Å². The summed E-state index contributed by atoms with van der Waals surface area (Å²) in [7, 11) is -3.44. The van der Waals surface area contributed by atoms with E-state index in [9.17, 15) is 8.42 Å². The normalized spacial score (nSPS) is 12.3. The highest BCUT2D eigenvalue weighted by Gasteiger charge is 2.33. The van der Waals surface area contributed by atoms with Crippen LogP contribution in [0.2, 0.25) is 0 Å². The predicted octanol–water partition coefficient (Wildman–Crippen LogP) is -0.110. The molecule has 76 valence electrons. The lowest BCUT2D eigenvalue weighted by Crippen LogP contribution is -2.55. The molecular formula is C6H18N2O3S. The Morgan fingerprint density at radius 3 is 1.33 bits per heavy atom. The highest BCUT2D eigenvalue weighted by Crippen LogP contribution is 2.09. The number of rotatable bonds is 4. The van der Waals surface area contributed by atoms with Crippen LogP contribution in [0.3, 0.4) is 0 Å². The minimum absolute atomic E-state index is 0. The molecule has 0 rings (SSSR count). The molecule has 0 heterocycles. The van der Waals surface area contributed by atoms with E-state index in [0.29, 0.717) is 19.6 Å². The van der Waals surface area contributed by atoms with E-state index in [4.69, 9.17) is 5.14 Å². The van der Waals surface area contributed by atoms with E-state index in [1.165, 1.54) is 0 Å². The first-order chi connectivity index (χ1) is 4.93. The first-order valence-electron chi connectivity index (χ1n) is 3.82. The van der Waals surface area contributed by atoms with Crippen molar-refractivity contribution < 1.29 is 17.8 Å². The lowest BCUT2D eigenvalue weighted by molar-refractivity contribution is -0.800. The Balaban J connectivity index is 0. The third-order valence-corrected chi connectivity index (χ3v) is 4.12. The van der Waals surface area contributed by atoms with Gasteiger partial charge in [0.25, 0.3) is 0 Å². The van der Waals surface area contributed by atoms with Crippen molar-refractivity contribution in [3.8, 4) is 0 Å². The van der Waals surface area contributed by atoms with E-state index in [-0.39, 0.29) is 9.36 Å². The van der Waals surface area contributed by atoms with Crippen LogP contribution in [0.4, 0.5) is 0 Å². The van der Waals surface area contributed by atoms with E-state index in [0.717, 1.165) is 0 Å². The molecule has 0 unspecified atom stereocenters. The third kappa shape index (κ3) is 2.41. The van der Waals surface area contributed by atoms with Crippen LogP contribution in [0.5, 0.6) is 0 Å². The smallest absolute Gasteiger partial charge is 0.367 e. The molecule has 0 amide bonds. The Morgan fingerprint density at radius 2 is 1.33 bits per heavy atom. The summed E-state index contributed by atoms with van der Waals surface area (Å²) in [6.45, 7) is 7.09. The van der Waals surface area contributed by atoms with Gasteiger partial charge in [-0.3, -0.25) is 0 Å². The van der Waals surface area contributed by atoms with Crippen LogP contribution in [-0.4, -0.2) is 37.4 Å². The molecule has 3 N–H and O–H groups in total. The molecule has 5 nitrogen and oxygen atoms in total. The van der Waals surface area contributed by atoms with Gasteiger partial charge in [-0.15, -0.1) is 0 Å². The number of hydrogen-bond acceptors (Lipinski definition) is 3. The zero-order valence-electron chi connectivity index (χ0n) is 7.82. The molecular weight excluding hydrogens is 180 g/mol. The average molecular weight is 198 g/mol. The summed E-state index contributed by atoms with van der Waals surface area (Å²) >= 11 is 0. The first kappa shape index (κ1) is 14.4. The summed E-state index contributed by atoms with van der Waals surface area (Å²) in [6.07, 6.45) is 0. The average Bonchev–Trinajstić information content (AvgIpc) is 1.90. The Kier molecular flexibility index (Phi) is 5.69. The van der Waals surface area contributed by atoms with E-state index in [2.05, 4.69) is 0 Å². The predicted molar refractivity (Wildman–Crippen MR) is 46.9 cm³/mol. The second kappa shape index (κ2) is 4.76. The maximum atomic E-state index is 11.1. The lowest BCUT2D eigenvalue weighted by Gasteiger charge is -2.31. The number of nitrogens with zero attached hydrogens (tertiary/aromatic N) is 1. The van der Waals surface area contributed by atoms with Gasteiger partial charge in [-0.1, -0.05) is 0 Å². The minimum Gasteiger partial charge on any atom is -0.870 e. The molecule has 0 saturated carbocycles. The van der Waals surface area contributed by atoms with Crippen molar-refractivity contribution in [2.45, 2.75) is 20.8 Å². The minimum atomic E-state index is -3.44. The van der Waals surface area contributed by atoms with Gasteiger partial charge in [0, 0.05) is 0 Å². The molecule has 0 atom stereocenters. The fourth-order valence-electron chi connectivity index (χ4n) is 1.21. The van der Waals surface area contributed by atoms with Gasteiger partial charge in [0.2, 0.25) is 0 Å². The van der Waals surface area contributed by atoms with Crippen LogP contribution in [0.25, 0.3) is 0 Å². The lowest BCUT2D eigenvalue weighted by atomic mass is 10.5. The summed E-state index contributed by atoms with van der Waals surface area (Å²) in [6, 6.07) is 0. The summed E-state index contributed by atoms with van der Waals surface area (Å²) < 4.78 is 22.2. The zero-order valence-corrected chi connectivity index (χ0v) is 8.63. The van der Waals surface area contributed by atoms with E-state index in [1.807, 2.05) is 20.8 Å². The topological polar surface area (TPSA) is 90.2 Å². The SMILES string of the molecule is CC[N+](CC)(CC)S(N)(=O)=O.[OH-]. The van der Waals surface area contributed by atoms with Crippen LogP contribution in [0.15, 0.2) is 0 Å². The molecule has 0 aromatic heterocycles. The number of nitrogens with two attached hydrogens (primary N) is 1. The fraction of sp³-hybridized carbons (Fsp3) is 1.00. The van der Waals surface area contributed by atoms with Gasteiger partial charge in [0.1, 0.15) is 0 Å². The monoisotopic (exact) mass is 198 g/mol. The molecule has 0 aromatic rings. The number of hydrogen-bond donors (Lipinski definition) is 1. The quantitative estimate of drug-likeness (QED) is 0.639. The second-order valence-corrected chi connectivity index (χ2v) is 4.33.